The fraction of sp³-hybridized carbons (Fsp3) is 0.474. The number of Topliss-reactive ketones (excluding diaryl/α,β-unsaturated/α-hetero) is 1. The van der Waals surface area contributed by atoms with Crippen molar-refractivity contribution in [3.8, 4) is 5.75 Å². The molecule has 6 nitrogen and oxygen atoms in total. The number of nitrogens with one attached hydrogen (secondary N) is 1. The Labute approximate surface area is 157 Å². The van der Waals surface area contributed by atoms with Gasteiger partial charge in [0.05, 0.1) is 12.7 Å². The minimum Gasteiger partial charge on any atom is -0.497 e. The number of fused-ring (bicyclic) bond motifs is 4. The van der Waals surface area contributed by atoms with E-state index in [1.165, 1.54) is 0 Å². The number of aryl methyl sites for hydroxylation is 1. The van der Waals surface area contributed by atoms with Crippen molar-refractivity contribution in [3.63, 3.8) is 0 Å². The monoisotopic (exact) mass is 375 g/mol. The second-order valence-electron chi connectivity index (χ2n) is 7.16. The summed E-state index contributed by atoms with van der Waals surface area (Å²) in [6.45, 7) is 2.99. The number of methoxy groups -OCH3 is 1. The first kappa shape index (κ1) is 17.4. The Morgan fingerprint density at radius 2 is 2.00 bits per heavy atom. The summed E-state index contributed by atoms with van der Waals surface area (Å²) in [5, 5.41) is 3.85. The van der Waals surface area contributed by atoms with Crippen LogP contribution >= 0.6 is 11.6 Å². The highest BCUT2D eigenvalue weighted by Crippen LogP contribution is 2.33. The van der Waals surface area contributed by atoms with Gasteiger partial charge in [-0.25, -0.2) is 0 Å². The van der Waals surface area contributed by atoms with Gasteiger partial charge in [-0.05, 0) is 50.0 Å². The molecule has 2 bridgehead atoms. The maximum absolute atomic E-state index is 12.9. The summed E-state index contributed by atoms with van der Waals surface area (Å²) in [4.78, 5) is 27.9. The fourth-order valence-electron chi connectivity index (χ4n) is 4.21. The number of rotatable bonds is 4. The molecule has 4 heterocycles. The number of hydrogen-bond acceptors (Lipinski definition) is 4. The van der Waals surface area contributed by atoms with E-state index >= 15 is 0 Å². The third-order valence-corrected chi connectivity index (χ3v) is 6.18. The molecular weight excluding hydrogens is 354 g/mol. The van der Waals surface area contributed by atoms with Crippen molar-refractivity contribution in [2.24, 2.45) is 13.0 Å². The molecule has 7 heteroatoms. The topological polar surface area (TPSA) is 63.6 Å². The lowest BCUT2D eigenvalue weighted by atomic mass is 9.84. The molecule has 3 aliphatic heterocycles. The zero-order valence-electron chi connectivity index (χ0n) is 14.9. The molecule has 1 aromatic carbocycles. The number of ether oxygens (including phenoxy) is 1. The van der Waals surface area contributed by atoms with E-state index in [2.05, 4.69) is 10.2 Å². The van der Waals surface area contributed by atoms with E-state index in [0.717, 1.165) is 38.0 Å². The number of carbonyl (C=O) groups is 2. The first-order chi connectivity index (χ1) is 12.5. The summed E-state index contributed by atoms with van der Waals surface area (Å²) in [5.41, 5.74) is 1.02. The molecule has 0 unspecified atom stereocenters. The molecule has 138 valence electrons. The van der Waals surface area contributed by atoms with Gasteiger partial charge >= 0.3 is 0 Å². The lowest BCUT2D eigenvalue weighted by Crippen LogP contribution is -2.58. The summed E-state index contributed by atoms with van der Waals surface area (Å²) in [6.07, 6.45) is 2.15. The Kier molecular flexibility index (Phi) is 4.40. The van der Waals surface area contributed by atoms with E-state index < -0.39 is 11.7 Å². The average molecular weight is 376 g/mol. The van der Waals surface area contributed by atoms with Crippen LogP contribution in [0.1, 0.15) is 23.2 Å². The first-order valence-electron chi connectivity index (χ1n) is 8.89. The quantitative estimate of drug-likeness (QED) is 0.657. The molecule has 2 aromatic rings. The Morgan fingerprint density at radius 3 is 2.62 bits per heavy atom. The van der Waals surface area contributed by atoms with Crippen LogP contribution in [0.5, 0.6) is 5.75 Å². The van der Waals surface area contributed by atoms with Gasteiger partial charge in [-0.15, -0.1) is 0 Å². The third-order valence-electron chi connectivity index (χ3n) is 5.74. The van der Waals surface area contributed by atoms with E-state index in [1.807, 2.05) is 6.07 Å². The largest absolute Gasteiger partial charge is 0.497 e. The van der Waals surface area contributed by atoms with Gasteiger partial charge in [-0.3, -0.25) is 9.59 Å². The van der Waals surface area contributed by atoms with Crippen molar-refractivity contribution in [1.82, 2.24) is 14.8 Å². The molecule has 3 fully saturated rings. The van der Waals surface area contributed by atoms with Gasteiger partial charge in [0.2, 0.25) is 0 Å². The van der Waals surface area contributed by atoms with Gasteiger partial charge in [0.1, 0.15) is 10.9 Å². The fourth-order valence-corrected chi connectivity index (χ4v) is 4.49. The van der Waals surface area contributed by atoms with Crippen LogP contribution < -0.4 is 10.1 Å². The summed E-state index contributed by atoms with van der Waals surface area (Å²) in [6, 6.07) is 5.43. The number of amides is 1. The minimum absolute atomic E-state index is 0.0391. The Morgan fingerprint density at radius 1 is 1.27 bits per heavy atom. The van der Waals surface area contributed by atoms with E-state index in [0.29, 0.717) is 17.1 Å². The number of nitrogens with zero attached hydrogens (tertiary/aromatic N) is 2. The summed E-state index contributed by atoms with van der Waals surface area (Å²) >= 11 is 6.39. The van der Waals surface area contributed by atoms with Crippen molar-refractivity contribution in [2.45, 2.75) is 18.9 Å². The number of hydrogen-bond donors (Lipinski definition) is 1. The lowest BCUT2D eigenvalue weighted by Gasteiger charge is -2.44. The average Bonchev–Trinajstić information content (AvgIpc) is 2.92. The van der Waals surface area contributed by atoms with Gasteiger partial charge < -0.3 is 19.5 Å². The summed E-state index contributed by atoms with van der Waals surface area (Å²) in [5.74, 6) is -0.0993. The van der Waals surface area contributed by atoms with Crippen LogP contribution in [0.3, 0.4) is 0 Å². The van der Waals surface area contributed by atoms with Crippen LogP contribution in [0.2, 0.25) is 5.15 Å². The Bertz CT molecular complexity index is 884. The smallest absolute Gasteiger partial charge is 0.292 e. The molecular formula is C19H22ClN3O3. The highest BCUT2D eigenvalue weighted by Gasteiger charge is 2.36. The number of ketones is 1. The molecule has 0 aliphatic carbocycles. The molecule has 5 rings (SSSR count). The SMILES string of the molecule is COc1ccc2c(c1)c(C(=O)C(=O)N[C@@H]1CN3CCC1CC3)c(Cl)n2C. The van der Waals surface area contributed by atoms with Crippen LogP contribution in [0.15, 0.2) is 18.2 Å². The van der Waals surface area contributed by atoms with E-state index in [1.54, 1.807) is 30.9 Å². The van der Waals surface area contributed by atoms with Gasteiger partial charge in [0.15, 0.2) is 0 Å². The number of aromatic nitrogens is 1. The van der Waals surface area contributed by atoms with E-state index in [-0.39, 0.29) is 16.8 Å². The molecule has 26 heavy (non-hydrogen) atoms. The minimum atomic E-state index is -0.592. The Hall–Kier alpha value is -2.05. The van der Waals surface area contributed by atoms with E-state index in [4.69, 9.17) is 16.3 Å². The highest BCUT2D eigenvalue weighted by atomic mass is 35.5. The predicted octanol–water partition coefficient (Wildman–Crippen LogP) is 2.23. The lowest BCUT2D eigenvalue weighted by molar-refractivity contribution is -0.119. The zero-order chi connectivity index (χ0) is 18.4. The van der Waals surface area contributed by atoms with E-state index in [9.17, 15) is 9.59 Å². The van der Waals surface area contributed by atoms with Gasteiger partial charge in [0.25, 0.3) is 11.7 Å². The number of halogens is 1. The zero-order valence-corrected chi connectivity index (χ0v) is 15.7. The second kappa shape index (κ2) is 6.59. The third kappa shape index (κ3) is 2.77. The first-order valence-corrected chi connectivity index (χ1v) is 9.27. The highest BCUT2D eigenvalue weighted by molar-refractivity contribution is 6.49. The molecule has 1 N–H and O–H groups in total. The standard InChI is InChI=1S/C19H22ClN3O3/c1-22-15-4-3-12(26-2)9-13(15)16(18(22)20)17(24)19(25)21-14-10-23-7-5-11(14)6-8-23/h3-4,9,11,14H,5-8,10H2,1-2H3,(H,21,25)/t14-/m1/s1. The normalized spacial score (nSPS) is 24.7. The molecule has 0 spiro atoms. The van der Waals surface area contributed by atoms with Crippen LogP contribution in [-0.2, 0) is 11.8 Å². The van der Waals surface area contributed by atoms with Crippen LogP contribution in [0, 0.1) is 5.92 Å². The molecule has 1 aromatic heterocycles. The number of piperidine rings is 3. The van der Waals surface area contributed by atoms with Crippen LogP contribution in [-0.4, -0.2) is 53.9 Å². The van der Waals surface area contributed by atoms with Crippen molar-refractivity contribution in [1.29, 1.82) is 0 Å². The molecule has 0 radical (unpaired) electrons. The number of benzene rings is 1. The summed E-state index contributed by atoms with van der Waals surface area (Å²) < 4.78 is 6.97. The van der Waals surface area contributed by atoms with Crippen LogP contribution in [0.4, 0.5) is 0 Å². The summed E-state index contributed by atoms with van der Waals surface area (Å²) in [7, 11) is 3.34. The maximum Gasteiger partial charge on any atom is 0.292 e. The Balaban J connectivity index is 1.63. The van der Waals surface area contributed by atoms with Crippen molar-refractivity contribution < 1.29 is 14.3 Å². The van der Waals surface area contributed by atoms with Crippen LogP contribution in [0.25, 0.3) is 10.9 Å². The van der Waals surface area contributed by atoms with Gasteiger partial charge in [-0.1, -0.05) is 11.6 Å². The molecule has 3 aliphatic rings. The van der Waals surface area contributed by atoms with Crippen molar-refractivity contribution >= 4 is 34.2 Å². The van der Waals surface area contributed by atoms with Crippen molar-refractivity contribution in [2.75, 3.05) is 26.7 Å². The van der Waals surface area contributed by atoms with Gasteiger partial charge in [0, 0.05) is 30.5 Å². The predicted molar refractivity (Wildman–Crippen MR) is 99.9 cm³/mol. The number of carbonyl (C=O) groups excluding carboxylic acids is 2. The molecule has 3 saturated heterocycles. The molecule has 0 saturated carbocycles. The van der Waals surface area contributed by atoms with Gasteiger partial charge in [-0.2, -0.15) is 0 Å². The van der Waals surface area contributed by atoms with Crippen molar-refractivity contribution in [3.05, 3.63) is 28.9 Å². The maximum atomic E-state index is 12.9. The second-order valence-corrected chi connectivity index (χ2v) is 7.51. The molecule has 1 amide bonds. The molecule has 1 atom stereocenters.